The highest BCUT2D eigenvalue weighted by Gasteiger charge is 2.15. The van der Waals surface area contributed by atoms with Crippen LogP contribution in [0.15, 0.2) is 64.6 Å². The first-order valence-electron chi connectivity index (χ1n) is 9.83. The van der Waals surface area contributed by atoms with Crippen molar-refractivity contribution in [1.29, 1.82) is 5.26 Å². The minimum Gasteiger partial charge on any atom is -0.493 e. The number of hydrogen-bond acceptors (Lipinski definition) is 6. The van der Waals surface area contributed by atoms with E-state index >= 15 is 0 Å². The molecule has 0 saturated heterocycles. The molecule has 0 saturated carbocycles. The number of nitriles is 1. The maximum atomic E-state index is 12.6. The number of methoxy groups -OCH3 is 1. The maximum absolute atomic E-state index is 12.6. The third-order valence-electron chi connectivity index (χ3n) is 4.66. The quantitative estimate of drug-likeness (QED) is 0.136. The summed E-state index contributed by atoms with van der Waals surface area (Å²) in [7, 11) is 1.46. The number of anilines is 1. The molecular formula is C24H16BrCl2N3O5. The molecule has 0 aliphatic carbocycles. The Balaban J connectivity index is 1.83. The summed E-state index contributed by atoms with van der Waals surface area (Å²) in [5.41, 5.74) is 0.980. The summed E-state index contributed by atoms with van der Waals surface area (Å²) in [4.78, 5) is 23.0. The van der Waals surface area contributed by atoms with Crippen LogP contribution in [-0.4, -0.2) is 17.9 Å². The van der Waals surface area contributed by atoms with Gasteiger partial charge in [-0.25, -0.2) is 0 Å². The molecule has 1 amide bonds. The molecule has 0 aromatic heterocycles. The topological polar surface area (TPSA) is 114 Å². The molecule has 3 rings (SSSR count). The van der Waals surface area contributed by atoms with Gasteiger partial charge in [-0.2, -0.15) is 5.26 Å². The monoisotopic (exact) mass is 575 g/mol. The van der Waals surface area contributed by atoms with Crippen molar-refractivity contribution < 1.29 is 19.2 Å². The molecule has 0 unspecified atom stereocenters. The highest BCUT2D eigenvalue weighted by molar-refractivity contribution is 9.10. The van der Waals surface area contributed by atoms with E-state index in [0.29, 0.717) is 31.6 Å². The fourth-order valence-corrected chi connectivity index (χ4v) is 3.83. The maximum Gasteiger partial charge on any atom is 0.271 e. The standard InChI is InChI=1S/C24H16BrCl2N3O5/c1-34-22-8-15(20(25)11-23(22)35-13-14-5-6-17(26)9-21(14)27)7-16(12-28)24(31)29-18-3-2-4-19(10-18)30(32)33/h2-11H,13H2,1H3,(H,29,31)/b16-7+. The van der Waals surface area contributed by atoms with Gasteiger partial charge in [0, 0.05) is 37.9 Å². The Bertz CT molecular complexity index is 1370. The third-order valence-corrected chi connectivity index (χ3v) is 5.93. The van der Waals surface area contributed by atoms with Crippen molar-refractivity contribution in [2.45, 2.75) is 6.61 Å². The molecule has 3 aromatic carbocycles. The van der Waals surface area contributed by atoms with E-state index in [4.69, 9.17) is 32.7 Å². The fourth-order valence-electron chi connectivity index (χ4n) is 2.93. The second-order valence-corrected chi connectivity index (χ2v) is 8.68. The lowest BCUT2D eigenvalue weighted by Gasteiger charge is -2.14. The highest BCUT2D eigenvalue weighted by atomic mass is 79.9. The second-order valence-electron chi connectivity index (χ2n) is 6.98. The third kappa shape index (κ3) is 6.73. The molecule has 0 heterocycles. The Morgan fingerprint density at radius 2 is 1.97 bits per heavy atom. The number of nitro groups is 1. The first-order chi connectivity index (χ1) is 16.7. The zero-order valence-corrected chi connectivity index (χ0v) is 21.1. The van der Waals surface area contributed by atoms with Crippen molar-refractivity contribution in [3.8, 4) is 17.6 Å². The molecular weight excluding hydrogens is 561 g/mol. The van der Waals surface area contributed by atoms with Gasteiger partial charge in [0.25, 0.3) is 11.6 Å². The van der Waals surface area contributed by atoms with E-state index in [1.54, 1.807) is 30.3 Å². The van der Waals surface area contributed by atoms with E-state index in [-0.39, 0.29) is 23.6 Å². The van der Waals surface area contributed by atoms with Crippen LogP contribution in [0.2, 0.25) is 10.0 Å². The van der Waals surface area contributed by atoms with Crippen molar-refractivity contribution in [3.63, 3.8) is 0 Å². The minimum atomic E-state index is -0.725. The van der Waals surface area contributed by atoms with Crippen LogP contribution >= 0.6 is 39.1 Å². The average molecular weight is 577 g/mol. The molecule has 0 aliphatic heterocycles. The van der Waals surface area contributed by atoms with Crippen molar-refractivity contribution in [2.75, 3.05) is 12.4 Å². The number of carbonyl (C=O) groups is 1. The van der Waals surface area contributed by atoms with Gasteiger partial charge in [-0.1, -0.05) is 51.3 Å². The number of hydrogen-bond donors (Lipinski definition) is 1. The number of benzene rings is 3. The molecule has 3 aromatic rings. The van der Waals surface area contributed by atoms with E-state index in [2.05, 4.69) is 21.2 Å². The van der Waals surface area contributed by atoms with E-state index in [0.717, 1.165) is 5.56 Å². The Labute approximate surface area is 219 Å². The molecule has 0 aliphatic rings. The predicted octanol–water partition coefficient (Wildman–Crippen LogP) is 6.80. The van der Waals surface area contributed by atoms with Gasteiger partial charge in [-0.05, 0) is 42.0 Å². The number of nitrogens with zero attached hydrogens (tertiary/aromatic N) is 2. The number of ether oxygens (including phenoxy) is 2. The van der Waals surface area contributed by atoms with E-state index < -0.39 is 10.8 Å². The van der Waals surface area contributed by atoms with Crippen molar-refractivity contribution in [3.05, 3.63) is 95.9 Å². The number of non-ortho nitro benzene ring substituents is 1. The number of nitro benzene ring substituents is 1. The first-order valence-corrected chi connectivity index (χ1v) is 11.4. The van der Waals surface area contributed by atoms with Gasteiger partial charge in [0.05, 0.1) is 12.0 Å². The summed E-state index contributed by atoms with van der Waals surface area (Å²) >= 11 is 15.5. The van der Waals surface area contributed by atoms with Crippen molar-refractivity contribution in [2.24, 2.45) is 0 Å². The predicted molar refractivity (Wildman–Crippen MR) is 137 cm³/mol. The molecule has 11 heteroatoms. The summed E-state index contributed by atoms with van der Waals surface area (Å²) in [6.07, 6.45) is 1.36. The van der Waals surface area contributed by atoms with E-state index in [9.17, 15) is 20.2 Å². The van der Waals surface area contributed by atoms with Crippen molar-refractivity contribution >= 4 is 62.5 Å². The summed E-state index contributed by atoms with van der Waals surface area (Å²) in [6.45, 7) is 0.156. The number of amides is 1. The van der Waals surface area contributed by atoms with Gasteiger partial charge in [0.2, 0.25) is 0 Å². The molecule has 178 valence electrons. The highest BCUT2D eigenvalue weighted by Crippen LogP contribution is 2.36. The molecule has 8 nitrogen and oxygen atoms in total. The van der Waals surface area contributed by atoms with Crippen LogP contribution in [0.1, 0.15) is 11.1 Å². The lowest BCUT2D eigenvalue weighted by Crippen LogP contribution is -2.13. The smallest absolute Gasteiger partial charge is 0.271 e. The molecule has 0 fully saturated rings. The van der Waals surface area contributed by atoms with Gasteiger partial charge < -0.3 is 14.8 Å². The first kappa shape index (κ1) is 26.0. The van der Waals surface area contributed by atoms with Gasteiger partial charge in [0.15, 0.2) is 11.5 Å². The lowest BCUT2D eigenvalue weighted by atomic mass is 10.1. The summed E-state index contributed by atoms with van der Waals surface area (Å²) in [5.74, 6) is 0.0413. The van der Waals surface area contributed by atoms with Gasteiger partial charge in [0.1, 0.15) is 18.2 Å². The number of halogens is 3. The lowest BCUT2D eigenvalue weighted by molar-refractivity contribution is -0.384. The second kappa shape index (κ2) is 11.7. The summed E-state index contributed by atoms with van der Waals surface area (Å²) < 4.78 is 11.8. The normalized spacial score (nSPS) is 10.9. The van der Waals surface area contributed by atoms with Crippen LogP contribution in [0.25, 0.3) is 6.08 Å². The Kier molecular flexibility index (Phi) is 8.71. The zero-order chi connectivity index (χ0) is 25.5. The molecule has 0 bridgehead atoms. The van der Waals surface area contributed by atoms with Gasteiger partial charge in [-0.3, -0.25) is 14.9 Å². The van der Waals surface area contributed by atoms with Crippen LogP contribution in [0, 0.1) is 21.4 Å². The zero-order valence-electron chi connectivity index (χ0n) is 18.1. The number of nitrogens with one attached hydrogen (secondary N) is 1. The van der Waals surface area contributed by atoms with Gasteiger partial charge in [-0.15, -0.1) is 0 Å². The molecule has 1 N–H and O–H groups in total. The van der Waals surface area contributed by atoms with Crippen LogP contribution in [0.4, 0.5) is 11.4 Å². The Morgan fingerprint density at radius 3 is 2.63 bits per heavy atom. The van der Waals surface area contributed by atoms with Crippen LogP contribution < -0.4 is 14.8 Å². The molecule has 35 heavy (non-hydrogen) atoms. The van der Waals surface area contributed by atoms with Crippen molar-refractivity contribution in [1.82, 2.24) is 0 Å². The SMILES string of the molecule is COc1cc(/C=C(\C#N)C(=O)Nc2cccc([N+](=O)[O-])c2)c(Br)cc1OCc1ccc(Cl)cc1Cl. The van der Waals surface area contributed by atoms with Crippen LogP contribution in [0.5, 0.6) is 11.5 Å². The largest absolute Gasteiger partial charge is 0.493 e. The Morgan fingerprint density at radius 1 is 1.20 bits per heavy atom. The number of rotatable bonds is 8. The van der Waals surface area contributed by atoms with Gasteiger partial charge >= 0.3 is 0 Å². The van der Waals surface area contributed by atoms with E-state index in [1.165, 1.54) is 37.5 Å². The van der Waals surface area contributed by atoms with E-state index in [1.807, 2.05) is 6.07 Å². The number of carbonyl (C=O) groups excluding carboxylic acids is 1. The average Bonchev–Trinajstić information content (AvgIpc) is 2.82. The summed E-state index contributed by atoms with van der Waals surface area (Å²) in [6, 6.07) is 15.6. The summed E-state index contributed by atoms with van der Waals surface area (Å²) in [5, 5.41) is 23.9. The molecule has 0 atom stereocenters. The minimum absolute atomic E-state index is 0.156. The van der Waals surface area contributed by atoms with Crippen LogP contribution in [-0.2, 0) is 11.4 Å². The molecule has 0 spiro atoms. The molecule has 0 radical (unpaired) electrons. The van der Waals surface area contributed by atoms with Crippen LogP contribution in [0.3, 0.4) is 0 Å². The Hall–Kier alpha value is -3.58. The fraction of sp³-hybridized carbons (Fsp3) is 0.0833.